The van der Waals surface area contributed by atoms with E-state index in [0.717, 1.165) is 26.1 Å². The summed E-state index contributed by atoms with van der Waals surface area (Å²) >= 11 is 6.83. The van der Waals surface area contributed by atoms with E-state index < -0.39 is 0 Å². The van der Waals surface area contributed by atoms with E-state index in [2.05, 4.69) is 42.2 Å². The third-order valence-electron chi connectivity index (χ3n) is 2.14. The van der Waals surface area contributed by atoms with Crippen molar-refractivity contribution >= 4 is 43.4 Å². The summed E-state index contributed by atoms with van der Waals surface area (Å²) in [6.45, 7) is 1.97. The summed E-state index contributed by atoms with van der Waals surface area (Å²) in [6, 6.07) is 11.9. The van der Waals surface area contributed by atoms with E-state index in [1.165, 1.54) is 0 Å². The summed E-state index contributed by atoms with van der Waals surface area (Å²) in [7, 11) is 0. The maximum Gasteiger partial charge on any atom is 0.130 e. The van der Waals surface area contributed by atoms with Crippen LogP contribution in [0.4, 0.5) is 11.5 Å². The minimum absolute atomic E-state index is 0.850. The lowest BCUT2D eigenvalue weighted by Gasteiger charge is -2.07. The molecule has 1 N–H and O–H groups in total. The molecule has 0 atom stereocenters. The highest BCUT2D eigenvalue weighted by molar-refractivity contribution is 9.10. The molecule has 0 aliphatic heterocycles. The van der Waals surface area contributed by atoms with Crippen molar-refractivity contribution in [1.82, 2.24) is 4.98 Å². The molecular weight excluding hydrogens is 332 g/mol. The molecule has 82 valence electrons. The van der Waals surface area contributed by atoms with Crippen LogP contribution in [0.25, 0.3) is 0 Å². The maximum atomic E-state index is 4.42. The summed E-state index contributed by atoms with van der Waals surface area (Å²) in [5.74, 6) is 0.850. The Hall–Kier alpha value is -0.870. The molecule has 2 rings (SSSR count). The van der Waals surface area contributed by atoms with Gasteiger partial charge in [0.15, 0.2) is 0 Å². The summed E-state index contributed by atoms with van der Waals surface area (Å²) in [5.41, 5.74) is 2.00. The summed E-state index contributed by atoms with van der Waals surface area (Å²) < 4.78 is 2.09. The van der Waals surface area contributed by atoms with E-state index in [9.17, 15) is 0 Å². The first-order valence-electron chi connectivity index (χ1n) is 4.81. The lowest BCUT2D eigenvalue weighted by molar-refractivity contribution is 1.18. The zero-order valence-corrected chi connectivity index (χ0v) is 11.8. The highest BCUT2D eigenvalue weighted by Gasteiger charge is 1.99. The molecular formula is C12H10Br2N2. The van der Waals surface area contributed by atoms with Gasteiger partial charge in [0.25, 0.3) is 0 Å². The van der Waals surface area contributed by atoms with Crippen LogP contribution < -0.4 is 5.32 Å². The van der Waals surface area contributed by atoms with Crippen LogP contribution >= 0.6 is 31.9 Å². The largest absolute Gasteiger partial charge is 0.340 e. The predicted octanol–water partition coefficient (Wildman–Crippen LogP) is 4.66. The highest BCUT2D eigenvalue weighted by Crippen LogP contribution is 2.20. The molecule has 0 amide bonds. The molecule has 0 bridgehead atoms. The summed E-state index contributed by atoms with van der Waals surface area (Å²) in [4.78, 5) is 4.42. The Morgan fingerprint density at radius 2 is 1.69 bits per heavy atom. The Kier molecular flexibility index (Phi) is 3.61. The number of nitrogens with zero attached hydrogens (tertiary/aromatic N) is 1. The zero-order chi connectivity index (χ0) is 11.5. The first-order chi connectivity index (χ1) is 7.65. The molecule has 16 heavy (non-hydrogen) atoms. The fourth-order valence-corrected chi connectivity index (χ4v) is 1.78. The number of hydrogen-bond donors (Lipinski definition) is 1. The molecule has 0 aliphatic carbocycles. The van der Waals surface area contributed by atoms with Crippen LogP contribution in [0.2, 0.25) is 0 Å². The number of benzene rings is 1. The van der Waals surface area contributed by atoms with Gasteiger partial charge in [-0.3, -0.25) is 0 Å². The van der Waals surface area contributed by atoms with Crippen LogP contribution in [0, 0.1) is 6.92 Å². The van der Waals surface area contributed by atoms with E-state index in [4.69, 9.17) is 0 Å². The Morgan fingerprint density at radius 3 is 2.31 bits per heavy atom. The van der Waals surface area contributed by atoms with E-state index in [0.29, 0.717) is 0 Å². The third kappa shape index (κ3) is 2.83. The fourth-order valence-electron chi connectivity index (χ4n) is 1.29. The van der Waals surface area contributed by atoms with Gasteiger partial charge < -0.3 is 5.32 Å². The molecule has 0 aliphatic rings. The van der Waals surface area contributed by atoms with Gasteiger partial charge in [0.1, 0.15) is 5.82 Å². The predicted molar refractivity (Wildman–Crippen MR) is 74.1 cm³/mol. The standard InChI is InChI=1S/C12H10Br2N2/c1-8-11(14)6-7-12(15-8)16-10-4-2-9(13)3-5-10/h2-7H,1H3,(H,15,16). The first-order valence-corrected chi connectivity index (χ1v) is 6.39. The first kappa shape index (κ1) is 11.6. The lowest BCUT2D eigenvalue weighted by Crippen LogP contribution is -1.94. The number of aryl methyl sites for hydroxylation is 1. The molecule has 1 aromatic carbocycles. The number of pyridine rings is 1. The number of aromatic nitrogens is 1. The van der Waals surface area contributed by atoms with Crippen molar-refractivity contribution < 1.29 is 0 Å². The van der Waals surface area contributed by atoms with Gasteiger partial charge in [-0.1, -0.05) is 15.9 Å². The van der Waals surface area contributed by atoms with Crippen molar-refractivity contribution in [2.75, 3.05) is 5.32 Å². The number of hydrogen-bond acceptors (Lipinski definition) is 2. The van der Waals surface area contributed by atoms with Crippen LogP contribution in [0.1, 0.15) is 5.69 Å². The second-order valence-electron chi connectivity index (χ2n) is 3.40. The number of anilines is 2. The van der Waals surface area contributed by atoms with Gasteiger partial charge in [-0.05, 0) is 59.3 Å². The van der Waals surface area contributed by atoms with Crippen LogP contribution in [0.3, 0.4) is 0 Å². The molecule has 0 radical (unpaired) electrons. The zero-order valence-electron chi connectivity index (χ0n) is 8.67. The SMILES string of the molecule is Cc1nc(Nc2ccc(Br)cc2)ccc1Br. The molecule has 2 aromatic rings. The lowest BCUT2D eigenvalue weighted by atomic mass is 10.3. The van der Waals surface area contributed by atoms with Gasteiger partial charge in [0.05, 0.1) is 5.69 Å². The molecule has 4 heteroatoms. The Morgan fingerprint density at radius 1 is 1.00 bits per heavy atom. The monoisotopic (exact) mass is 340 g/mol. The minimum atomic E-state index is 0.850. The van der Waals surface area contributed by atoms with Crippen molar-refractivity contribution in [3.05, 3.63) is 51.0 Å². The van der Waals surface area contributed by atoms with Crippen LogP contribution in [-0.2, 0) is 0 Å². The van der Waals surface area contributed by atoms with Crippen LogP contribution in [0.5, 0.6) is 0 Å². The average Bonchev–Trinajstić information content (AvgIpc) is 2.27. The molecule has 0 saturated heterocycles. The molecule has 0 unspecified atom stereocenters. The Labute approximate surface area is 111 Å². The molecule has 1 heterocycles. The van der Waals surface area contributed by atoms with Crippen LogP contribution in [0.15, 0.2) is 45.3 Å². The van der Waals surface area contributed by atoms with E-state index in [-0.39, 0.29) is 0 Å². The van der Waals surface area contributed by atoms with E-state index >= 15 is 0 Å². The quantitative estimate of drug-likeness (QED) is 0.859. The summed E-state index contributed by atoms with van der Waals surface area (Å²) in [6.07, 6.45) is 0. The minimum Gasteiger partial charge on any atom is -0.340 e. The molecule has 0 spiro atoms. The van der Waals surface area contributed by atoms with Crippen molar-refractivity contribution in [3.63, 3.8) is 0 Å². The van der Waals surface area contributed by atoms with Crippen molar-refractivity contribution in [2.45, 2.75) is 6.92 Å². The van der Waals surface area contributed by atoms with Gasteiger partial charge in [-0.25, -0.2) is 4.98 Å². The average molecular weight is 342 g/mol. The van der Waals surface area contributed by atoms with E-state index in [1.807, 2.05) is 43.3 Å². The fraction of sp³-hybridized carbons (Fsp3) is 0.0833. The highest BCUT2D eigenvalue weighted by atomic mass is 79.9. The summed E-state index contributed by atoms with van der Waals surface area (Å²) in [5, 5.41) is 3.25. The molecule has 0 fully saturated rings. The molecule has 2 nitrogen and oxygen atoms in total. The van der Waals surface area contributed by atoms with Crippen molar-refractivity contribution in [1.29, 1.82) is 0 Å². The van der Waals surface area contributed by atoms with Crippen molar-refractivity contribution in [3.8, 4) is 0 Å². The molecule has 0 saturated carbocycles. The maximum absolute atomic E-state index is 4.42. The third-order valence-corrected chi connectivity index (χ3v) is 3.50. The van der Waals surface area contributed by atoms with Crippen LogP contribution in [-0.4, -0.2) is 4.98 Å². The number of rotatable bonds is 2. The van der Waals surface area contributed by atoms with E-state index in [1.54, 1.807) is 0 Å². The second kappa shape index (κ2) is 4.97. The number of halogens is 2. The second-order valence-corrected chi connectivity index (χ2v) is 5.17. The van der Waals surface area contributed by atoms with Gasteiger partial charge in [-0.15, -0.1) is 0 Å². The van der Waals surface area contributed by atoms with Gasteiger partial charge >= 0.3 is 0 Å². The molecule has 1 aromatic heterocycles. The number of nitrogens with one attached hydrogen (secondary N) is 1. The Bertz CT molecular complexity index is 495. The van der Waals surface area contributed by atoms with Crippen molar-refractivity contribution in [2.24, 2.45) is 0 Å². The van der Waals surface area contributed by atoms with Gasteiger partial charge in [0.2, 0.25) is 0 Å². The van der Waals surface area contributed by atoms with Gasteiger partial charge in [0, 0.05) is 14.6 Å². The smallest absolute Gasteiger partial charge is 0.130 e. The normalized spacial score (nSPS) is 10.2. The Balaban J connectivity index is 2.20. The topological polar surface area (TPSA) is 24.9 Å². The van der Waals surface area contributed by atoms with Gasteiger partial charge in [-0.2, -0.15) is 0 Å².